The van der Waals surface area contributed by atoms with Crippen LogP contribution in [0.1, 0.15) is 6.92 Å². The first-order valence-electron chi connectivity index (χ1n) is 3.76. The molecule has 0 aliphatic carbocycles. The van der Waals surface area contributed by atoms with Gasteiger partial charge in [-0.2, -0.15) is 0 Å². The molecule has 72 valence electrons. The van der Waals surface area contributed by atoms with Gasteiger partial charge in [-0.15, -0.1) is 0 Å². The van der Waals surface area contributed by atoms with Crippen LogP contribution in [-0.2, 0) is 10.0 Å². The number of pyridine rings is 1. The molecule has 1 aromatic rings. The average Bonchev–Trinajstić information content (AvgIpc) is 2.04. The van der Waals surface area contributed by atoms with E-state index in [1.807, 2.05) is 6.92 Å². The third kappa shape index (κ3) is 2.40. The van der Waals surface area contributed by atoms with E-state index in [0.717, 1.165) is 0 Å². The van der Waals surface area contributed by atoms with Gasteiger partial charge in [0, 0.05) is 18.9 Å². The third-order valence-electron chi connectivity index (χ3n) is 1.46. The second kappa shape index (κ2) is 3.71. The molecule has 1 rings (SSSR count). The summed E-state index contributed by atoms with van der Waals surface area (Å²) in [6, 6.07) is 1.57. The molecule has 3 N–H and O–H groups in total. The monoisotopic (exact) mass is 201 g/mol. The number of nitrogens with zero attached hydrogens (tertiary/aromatic N) is 1. The van der Waals surface area contributed by atoms with Crippen LogP contribution in [-0.4, -0.2) is 19.9 Å². The molecule has 0 aromatic carbocycles. The third-order valence-corrected chi connectivity index (χ3v) is 2.40. The van der Waals surface area contributed by atoms with Crippen molar-refractivity contribution in [3.63, 3.8) is 0 Å². The Bertz CT molecular complexity index is 388. The van der Waals surface area contributed by atoms with Gasteiger partial charge in [-0.1, -0.05) is 0 Å². The Hall–Kier alpha value is -1.14. The zero-order valence-electron chi connectivity index (χ0n) is 7.19. The van der Waals surface area contributed by atoms with Gasteiger partial charge < -0.3 is 5.32 Å². The normalized spacial score (nSPS) is 11.2. The van der Waals surface area contributed by atoms with Crippen LogP contribution in [0.15, 0.2) is 23.4 Å². The van der Waals surface area contributed by atoms with Crippen molar-refractivity contribution in [1.82, 2.24) is 4.98 Å². The van der Waals surface area contributed by atoms with Crippen molar-refractivity contribution in [3.05, 3.63) is 18.5 Å². The highest BCUT2D eigenvalue weighted by Crippen LogP contribution is 2.16. The van der Waals surface area contributed by atoms with Crippen molar-refractivity contribution in [3.8, 4) is 0 Å². The lowest BCUT2D eigenvalue weighted by Crippen LogP contribution is -2.15. The minimum atomic E-state index is -3.68. The number of hydrogen-bond acceptors (Lipinski definition) is 4. The van der Waals surface area contributed by atoms with Gasteiger partial charge in [0.2, 0.25) is 10.0 Å². The first-order chi connectivity index (χ1) is 6.05. The second-order valence-electron chi connectivity index (χ2n) is 2.45. The number of primary sulfonamides is 1. The molecule has 0 spiro atoms. The average molecular weight is 201 g/mol. The largest absolute Gasteiger partial charge is 0.384 e. The van der Waals surface area contributed by atoms with Crippen LogP contribution in [0, 0.1) is 0 Å². The molecule has 0 radical (unpaired) electrons. The summed E-state index contributed by atoms with van der Waals surface area (Å²) in [5.41, 5.74) is 0.486. The molecule has 6 heteroatoms. The predicted octanol–water partition coefficient (Wildman–Crippen LogP) is 0.161. The number of nitrogens with one attached hydrogen (secondary N) is 1. The SMILES string of the molecule is CCNc1ccncc1S(N)(=O)=O. The van der Waals surface area contributed by atoms with E-state index in [1.54, 1.807) is 6.07 Å². The first-order valence-corrected chi connectivity index (χ1v) is 5.31. The molecule has 13 heavy (non-hydrogen) atoms. The molecule has 0 fully saturated rings. The number of sulfonamides is 1. The number of anilines is 1. The maximum Gasteiger partial charge on any atom is 0.241 e. The van der Waals surface area contributed by atoms with Gasteiger partial charge in [-0.05, 0) is 13.0 Å². The van der Waals surface area contributed by atoms with E-state index >= 15 is 0 Å². The van der Waals surface area contributed by atoms with E-state index in [2.05, 4.69) is 10.3 Å². The molecule has 0 saturated carbocycles. The maximum atomic E-state index is 11.0. The Morgan fingerprint density at radius 2 is 2.31 bits per heavy atom. The number of hydrogen-bond donors (Lipinski definition) is 2. The topological polar surface area (TPSA) is 85.1 Å². The number of nitrogens with two attached hydrogens (primary N) is 1. The molecule has 1 aromatic heterocycles. The van der Waals surface area contributed by atoms with Gasteiger partial charge >= 0.3 is 0 Å². The minimum Gasteiger partial charge on any atom is -0.384 e. The van der Waals surface area contributed by atoms with E-state index < -0.39 is 10.0 Å². The zero-order valence-corrected chi connectivity index (χ0v) is 8.00. The molecule has 0 unspecified atom stereocenters. The van der Waals surface area contributed by atoms with Crippen LogP contribution >= 0.6 is 0 Å². The quantitative estimate of drug-likeness (QED) is 0.729. The van der Waals surface area contributed by atoms with Gasteiger partial charge in [0.25, 0.3) is 0 Å². The van der Waals surface area contributed by atoms with E-state index in [4.69, 9.17) is 5.14 Å². The van der Waals surface area contributed by atoms with Crippen LogP contribution in [0.3, 0.4) is 0 Å². The van der Waals surface area contributed by atoms with Gasteiger partial charge in [-0.25, -0.2) is 13.6 Å². The van der Waals surface area contributed by atoms with Crippen LogP contribution in [0.4, 0.5) is 5.69 Å². The lowest BCUT2D eigenvalue weighted by molar-refractivity contribution is 0.597. The van der Waals surface area contributed by atoms with Crippen molar-refractivity contribution in [2.75, 3.05) is 11.9 Å². The summed E-state index contributed by atoms with van der Waals surface area (Å²) in [5.74, 6) is 0. The fourth-order valence-corrected chi connectivity index (χ4v) is 1.60. The Labute approximate surface area is 77.0 Å². The highest BCUT2D eigenvalue weighted by Gasteiger charge is 2.12. The number of rotatable bonds is 3. The maximum absolute atomic E-state index is 11.0. The standard InChI is InChI=1S/C7H11N3O2S/c1-2-10-6-3-4-9-5-7(6)13(8,11)12/h3-5H,2H2,1H3,(H,9,10)(H2,8,11,12). The molecule has 0 amide bonds. The lowest BCUT2D eigenvalue weighted by Gasteiger charge is -2.06. The van der Waals surface area contributed by atoms with E-state index in [-0.39, 0.29) is 4.90 Å². The zero-order chi connectivity index (χ0) is 9.90. The molecule has 0 aliphatic heterocycles. The molecule has 1 heterocycles. The Morgan fingerprint density at radius 1 is 1.62 bits per heavy atom. The van der Waals surface area contributed by atoms with Gasteiger partial charge in [-0.3, -0.25) is 4.98 Å². The summed E-state index contributed by atoms with van der Waals surface area (Å²) < 4.78 is 22.1. The molecule has 0 atom stereocenters. The predicted molar refractivity (Wildman–Crippen MR) is 49.8 cm³/mol. The van der Waals surface area contributed by atoms with Crippen LogP contribution in [0.25, 0.3) is 0 Å². The highest BCUT2D eigenvalue weighted by atomic mass is 32.2. The lowest BCUT2D eigenvalue weighted by atomic mass is 10.4. The van der Waals surface area contributed by atoms with E-state index in [1.165, 1.54) is 12.4 Å². The summed E-state index contributed by atoms with van der Waals surface area (Å²) in [5, 5.41) is 7.86. The van der Waals surface area contributed by atoms with Crippen molar-refractivity contribution < 1.29 is 8.42 Å². The molecule has 5 nitrogen and oxygen atoms in total. The van der Waals surface area contributed by atoms with Crippen molar-refractivity contribution in [2.45, 2.75) is 11.8 Å². The van der Waals surface area contributed by atoms with Gasteiger partial charge in [0.15, 0.2) is 0 Å². The molecule has 0 aliphatic rings. The van der Waals surface area contributed by atoms with Crippen molar-refractivity contribution in [2.24, 2.45) is 5.14 Å². The summed E-state index contributed by atoms with van der Waals surface area (Å²) in [6.07, 6.45) is 2.74. The van der Waals surface area contributed by atoms with E-state index in [9.17, 15) is 8.42 Å². The van der Waals surface area contributed by atoms with Crippen LogP contribution in [0.2, 0.25) is 0 Å². The highest BCUT2D eigenvalue weighted by molar-refractivity contribution is 7.89. The van der Waals surface area contributed by atoms with Gasteiger partial charge in [0.05, 0.1) is 5.69 Å². The van der Waals surface area contributed by atoms with Crippen LogP contribution < -0.4 is 10.5 Å². The summed E-state index contributed by atoms with van der Waals surface area (Å²) in [6.45, 7) is 2.50. The molecule has 0 bridgehead atoms. The summed E-state index contributed by atoms with van der Waals surface area (Å²) in [7, 11) is -3.68. The van der Waals surface area contributed by atoms with Crippen molar-refractivity contribution in [1.29, 1.82) is 0 Å². The molecular formula is C7H11N3O2S. The fraction of sp³-hybridized carbons (Fsp3) is 0.286. The fourth-order valence-electron chi connectivity index (χ4n) is 0.943. The Kier molecular flexibility index (Phi) is 2.84. The minimum absolute atomic E-state index is 0.0249. The van der Waals surface area contributed by atoms with Gasteiger partial charge in [0.1, 0.15) is 4.90 Å². The van der Waals surface area contributed by atoms with Crippen molar-refractivity contribution >= 4 is 15.7 Å². The summed E-state index contributed by atoms with van der Waals surface area (Å²) in [4.78, 5) is 3.72. The smallest absolute Gasteiger partial charge is 0.241 e. The van der Waals surface area contributed by atoms with Crippen LogP contribution in [0.5, 0.6) is 0 Å². The molecular weight excluding hydrogens is 190 g/mol. The Morgan fingerprint density at radius 3 is 2.85 bits per heavy atom. The first kappa shape index (κ1) is 9.94. The summed E-state index contributed by atoms with van der Waals surface area (Å²) >= 11 is 0. The van der Waals surface area contributed by atoms with E-state index in [0.29, 0.717) is 12.2 Å². The second-order valence-corrected chi connectivity index (χ2v) is 3.98. The Balaban J connectivity index is 3.20. The number of aromatic nitrogens is 1. The molecule has 0 saturated heterocycles.